The van der Waals surface area contributed by atoms with Crippen molar-refractivity contribution >= 4 is 23.3 Å². The zero-order chi connectivity index (χ0) is 14.8. The summed E-state index contributed by atoms with van der Waals surface area (Å²) in [5, 5.41) is 5.64. The van der Waals surface area contributed by atoms with E-state index >= 15 is 0 Å². The van der Waals surface area contributed by atoms with Crippen LogP contribution in [-0.4, -0.2) is 25.5 Å². The highest BCUT2D eigenvalue weighted by molar-refractivity contribution is 6.02. The molecule has 0 unspecified atom stereocenters. The Bertz CT molecular complexity index is 467. The Morgan fingerprint density at radius 1 is 1.15 bits per heavy atom. The van der Waals surface area contributed by atoms with Crippen molar-refractivity contribution in [2.75, 3.05) is 24.3 Å². The molecule has 0 aliphatic heterocycles. The van der Waals surface area contributed by atoms with Gasteiger partial charge in [0.25, 0.3) is 0 Å². The summed E-state index contributed by atoms with van der Waals surface area (Å²) in [6.45, 7) is 2.39. The van der Waals surface area contributed by atoms with E-state index in [4.69, 9.17) is 4.74 Å². The van der Waals surface area contributed by atoms with Crippen LogP contribution in [0.15, 0.2) is 36.4 Å². The van der Waals surface area contributed by atoms with Crippen molar-refractivity contribution < 1.29 is 14.3 Å². The number of carbonyl (C=O) groups is 2. The van der Waals surface area contributed by atoms with E-state index in [1.807, 2.05) is 26.1 Å². The number of rotatable bonds is 7. The van der Waals surface area contributed by atoms with Crippen LogP contribution in [0.2, 0.25) is 0 Å². The topological polar surface area (TPSA) is 67.4 Å². The normalized spacial score (nSPS) is 10.3. The molecule has 0 saturated heterocycles. The van der Waals surface area contributed by atoms with E-state index < -0.39 is 5.97 Å². The van der Waals surface area contributed by atoms with Gasteiger partial charge in [-0.2, -0.15) is 0 Å². The van der Waals surface area contributed by atoms with Gasteiger partial charge in [-0.25, -0.2) is 4.79 Å². The lowest BCUT2D eigenvalue weighted by molar-refractivity contribution is -0.138. The van der Waals surface area contributed by atoms with Gasteiger partial charge in [-0.15, -0.1) is 0 Å². The number of ether oxygens (including phenoxy) is 1. The van der Waals surface area contributed by atoms with Crippen LogP contribution in [0.3, 0.4) is 0 Å². The van der Waals surface area contributed by atoms with E-state index in [1.54, 1.807) is 12.1 Å². The first kappa shape index (κ1) is 15.8. The van der Waals surface area contributed by atoms with Gasteiger partial charge in [-0.05, 0) is 30.7 Å². The molecule has 108 valence electrons. The van der Waals surface area contributed by atoms with Gasteiger partial charge in [0.2, 0.25) is 5.91 Å². The number of unbranched alkanes of at least 4 members (excludes halogenated alkanes) is 1. The number of anilines is 2. The molecule has 1 aromatic rings. The van der Waals surface area contributed by atoms with Crippen molar-refractivity contribution in [1.29, 1.82) is 0 Å². The van der Waals surface area contributed by atoms with Gasteiger partial charge >= 0.3 is 5.97 Å². The second-order valence-corrected chi connectivity index (χ2v) is 4.17. The molecule has 0 radical (unpaired) electrons. The Labute approximate surface area is 119 Å². The third-order valence-corrected chi connectivity index (χ3v) is 2.55. The highest BCUT2D eigenvalue weighted by atomic mass is 16.5. The molecule has 0 atom stereocenters. The van der Waals surface area contributed by atoms with Crippen LogP contribution in [0, 0.1) is 0 Å². The summed E-state index contributed by atoms with van der Waals surface area (Å²) < 4.78 is 4.90. The first-order valence-corrected chi connectivity index (χ1v) is 6.59. The van der Waals surface area contributed by atoms with Crippen LogP contribution in [-0.2, 0) is 14.3 Å². The van der Waals surface area contributed by atoms with Crippen molar-refractivity contribution in [3.05, 3.63) is 36.4 Å². The predicted molar refractivity (Wildman–Crippen MR) is 79.6 cm³/mol. The minimum absolute atomic E-state index is 0.366. The van der Waals surface area contributed by atoms with Gasteiger partial charge in [0.05, 0.1) is 6.61 Å². The zero-order valence-electron chi connectivity index (χ0n) is 11.8. The van der Waals surface area contributed by atoms with Gasteiger partial charge in [-0.3, -0.25) is 4.79 Å². The molecule has 5 heteroatoms. The van der Waals surface area contributed by atoms with Crippen molar-refractivity contribution in [2.24, 2.45) is 0 Å². The van der Waals surface area contributed by atoms with E-state index in [9.17, 15) is 9.59 Å². The SMILES string of the molecule is CCCCOC(=O)/C=C\C(=O)Nc1ccc(NC)cc1. The molecule has 1 rings (SSSR count). The summed E-state index contributed by atoms with van der Waals surface area (Å²) in [7, 11) is 1.82. The zero-order valence-corrected chi connectivity index (χ0v) is 11.8. The summed E-state index contributed by atoms with van der Waals surface area (Å²) in [6, 6.07) is 7.24. The molecule has 1 amide bonds. The molecule has 0 fully saturated rings. The number of benzene rings is 1. The minimum Gasteiger partial charge on any atom is -0.463 e. The monoisotopic (exact) mass is 276 g/mol. The summed E-state index contributed by atoms with van der Waals surface area (Å²) in [5.41, 5.74) is 1.62. The molecule has 0 saturated carbocycles. The molecule has 0 spiro atoms. The van der Waals surface area contributed by atoms with Gasteiger partial charge in [0, 0.05) is 30.6 Å². The predicted octanol–water partition coefficient (Wildman–Crippen LogP) is 2.57. The summed E-state index contributed by atoms with van der Waals surface area (Å²) in [5.74, 6) is -0.867. The third kappa shape index (κ3) is 6.04. The molecule has 0 bridgehead atoms. The maximum Gasteiger partial charge on any atom is 0.330 e. The molecule has 2 N–H and O–H groups in total. The number of hydrogen-bond donors (Lipinski definition) is 2. The molecule has 5 nitrogen and oxygen atoms in total. The summed E-state index contributed by atoms with van der Waals surface area (Å²) in [4.78, 5) is 22.8. The van der Waals surface area contributed by atoms with Crippen molar-refractivity contribution in [1.82, 2.24) is 0 Å². The number of esters is 1. The quantitative estimate of drug-likeness (QED) is 0.456. The lowest BCUT2D eigenvalue weighted by Crippen LogP contribution is -2.09. The fourth-order valence-corrected chi connectivity index (χ4v) is 1.41. The first-order chi connectivity index (χ1) is 9.65. The average molecular weight is 276 g/mol. The Morgan fingerprint density at radius 2 is 1.80 bits per heavy atom. The molecular formula is C15H20N2O3. The van der Waals surface area contributed by atoms with Gasteiger partial charge in [0.1, 0.15) is 0 Å². The van der Waals surface area contributed by atoms with Crippen LogP contribution in [0.5, 0.6) is 0 Å². The number of amides is 1. The molecule has 0 aliphatic rings. The standard InChI is InChI=1S/C15H20N2O3/c1-3-4-11-20-15(19)10-9-14(18)17-13-7-5-12(16-2)6-8-13/h5-10,16H,3-4,11H2,1-2H3,(H,17,18)/b10-9-. The highest BCUT2D eigenvalue weighted by Gasteiger charge is 2.00. The van der Waals surface area contributed by atoms with Crippen molar-refractivity contribution in [2.45, 2.75) is 19.8 Å². The van der Waals surface area contributed by atoms with Crippen LogP contribution in [0.25, 0.3) is 0 Å². The lowest BCUT2D eigenvalue weighted by atomic mass is 10.3. The Kier molecular flexibility index (Phi) is 6.89. The minimum atomic E-state index is -0.501. The maximum atomic E-state index is 11.6. The molecule has 20 heavy (non-hydrogen) atoms. The lowest BCUT2D eigenvalue weighted by Gasteiger charge is -2.04. The fraction of sp³-hybridized carbons (Fsp3) is 0.333. The number of carbonyl (C=O) groups excluding carboxylic acids is 2. The van der Waals surface area contributed by atoms with Crippen LogP contribution < -0.4 is 10.6 Å². The van der Waals surface area contributed by atoms with Gasteiger partial charge < -0.3 is 15.4 Å². The van der Waals surface area contributed by atoms with E-state index in [2.05, 4.69) is 10.6 Å². The van der Waals surface area contributed by atoms with Crippen LogP contribution >= 0.6 is 0 Å². The van der Waals surface area contributed by atoms with Crippen LogP contribution in [0.1, 0.15) is 19.8 Å². The molecular weight excluding hydrogens is 256 g/mol. The molecule has 0 aromatic heterocycles. The Hall–Kier alpha value is -2.30. The van der Waals surface area contributed by atoms with E-state index in [0.29, 0.717) is 12.3 Å². The van der Waals surface area contributed by atoms with Crippen molar-refractivity contribution in [3.63, 3.8) is 0 Å². The summed E-state index contributed by atoms with van der Waals surface area (Å²) >= 11 is 0. The van der Waals surface area contributed by atoms with E-state index in [1.165, 1.54) is 6.08 Å². The smallest absolute Gasteiger partial charge is 0.330 e. The number of hydrogen-bond acceptors (Lipinski definition) is 4. The summed E-state index contributed by atoms with van der Waals surface area (Å²) in [6.07, 6.45) is 4.08. The first-order valence-electron chi connectivity index (χ1n) is 6.59. The second kappa shape index (κ2) is 8.74. The van der Waals surface area contributed by atoms with Gasteiger partial charge in [-0.1, -0.05) is 13.3 Å². The third-order valence-electron chi connectivity index (χ3n) is 2.55. The number of nitrogens with one attached hydrogen (secondary N) is 2. The van der Waals surface area contributed by atoms with E-state index in [0.717, 1.165) is 24.6 Å². The molecule has 0 heterocycles. The second-order valence-electron chi connectivity index (χ2n) is 4.17. The Balaban J connectivity index is 2.40. The van der Waals surface area contributed by atoms with E-state index in [-0.39, 0.29) is 5.91 Å². The highest BCUT2D eigenvalue weighted by Crippen LogP contribution is 2.12. The molecule has 1 aromatic carbocycles. The largest absolute Gasteiger partial charge is 0.463 e. The molecule has 0 aliphatic carbocycles. The van der Waals surface area contributed by atoms with Crippen molar-refractivity contribution in [3.8, 4) is 0 Å². The Morgan fingerprint density at radius 3 is 2.40 bits per heavy atom. The fourth-order valence-electron chi connectivity index (χ4n) is 1.41. The maximum absolute atomic E-state index is 11.6. The van der Waals surface area contributed by atoms with Gasteiger partial charge in [0.15, 0.2) is 0 Å². The average Bonchev–Trinajstić information content (AvgIpc) is 2.46. The van der Waals surface area contributed by atoms with Crippen LogP contribution in [0.4, 0.5) is 11.4 Å².